The van der Waals surface area contributed by atoms with Crippen LogP contribution in [0.4, 0.5) is 0 Å². The molecule has 1 amide bonds. The molecule has 2 aliphatic heterocycles. The summed E-state index contributed by atoms with van der Waals surface area (Å²) in [5.74, 6) is 1.16. The SMILES string of the molecule is CN1CCCCC1c1ncc2c(n1)CCN(C(=O)c1csc3c1CCCC3)C2. The highest BCUT2D eigenvalue weighted by molar-refractivity contribution is 7.10. The van der Waals surface area contributed by atoms with Crippen LogP contribution in [-0.4, -0.2) is 45.8 Å². The van der Waals surface area contributed by atoms with Gasteiger partial charge >= 0.3 is 0 Å². The fourth-order valence-corrected chi connectivity index (χ4v) is 6.03. The lowest BCUT2D eigenvalue weighted by molar-refractivity contribution is 0.0732. The number of nitrogens with zero attached hydrogens (tertiary/aromatic N) is 4. The lowest BCUT2D eigenvalue weighted by atomic mass is 9.95. The van der Waals surface area contributed by atoms with Gasteiger partial charge in [0.05, 0.1) is 17.3 Å². The molecule has 0 saturated carbocycles. The minimum absolute atomic E-state index is 0.196. The van der Waals surface area contributed by atoms with E-state index in [2.05, 4.69) is 17.3 Å². The van der Waals surface area contributed by atoms with Gasteiger partial charge in [-0.2, -0.15) is 0 Å². The summed E-state index contributed by atoms with van der Waals surface area (Å²) in [6.07, 6.45) is 11.1. The van der Waals surface area contributed by atoms with Crippen molar-refractivity contribution < 1.29 is 4.79 Å². The molecule has 2 aromatic heterocycles. The smallest absolute Gasteiger partial charge is 0.255 e. The predicted molar refractivity (Wildman–Crippen MR) is 111 cm³/mol. The van der Waals surface area contributed by atoms with Gasteiger partial charge in [-0.3, -0.25) is 9.69 Å². The molecule has 148 valence electrons. The first-order chi connectivity index (χ1) is 13.7. The van der Waals surface area contributed by atoms with Crippen LogP contribution in [0.3, 0.4) is 0 Å². The molecule has 1 atom stereocenters. The number of rotatable bonds is 2. The zero-order valence-electron chi connectivity index (χ0n) is 16.6. The number of fused-ring (bicyclic) bond motifs is 2. The van der Waals surface area contributed by atoms with E-state index < -0.39 is 0 Å². The molecule has 1 unspecified atom stereocenters. The van der Waals surface area contributed by atoms with Gasteiger partial charge in [0.15, 0.2) is 0 Å². The number of carbonyl (C=O) groups excluding carboxylic acids is 1. The molecule has 1 fully saturated rings. The summed E-state index contributed by atoms with van der Waals surface area (Å²) < 4.78 is 0. The van der Waals surface area contributed by atoms with E-state index in [1.807, 2.05) is 11.1 Å². The van der Waals surface area contributed by atoms with Gasteiger partial charge in [-0.05, 0) is 57.7 Å². The lowest BCUT2D eigenvalue weighted by Gasteiger charge is -2.33. The minimum Gasteiger partial charge on any atom is -0.334 e. The highest BCUT2D eigenvalue weighted by atomic mass is 32.1. The molecule has 5 rings (SSSR count). The van der Waals surface area contributed by atoms with Crippen LogP contribution >= 0.6 is 11.3 Å². The van der Waals surface area contributed by atoms with Crippen LogP contribution in [0.2, 0.25) is 0 Å². The maximum absolute atomic E-state index is 13.2. The Morgan fingerprint density at radius 3 is 2.93 bits per heavy atom. The molecule has 1 saturated heterocycles. The van der Waals surface area contributed by atoms with Crippen molar-refractivity contribution in [1.29, 1.82) is 0 Å². The highest BCUT2D eigenvalue weighted by Gasteiger charge is 2.29. The molecule has 0 spiro atoms. The second kappa shape index (κ2) is 7.56. The zero-order valence-corrected chi connectivity index (χ0v) is 17.4. The average molecular weight is 397 g/mol. The molecule has 6 heteroatoms. The van der Waals surface area contributed by atoms with Crippen LogP contribution in [0.5, 0.6) is 0 Å². The normalized spacial score (nSPS) is 22.6. The maximum atomic E-state index is 13.2. The standard InChI is InChI=1S/C22H28N4OS/c1-25-10-5-4-7-19(25)21-23-12-15-13-26(11-9-18(15)24-21)22(27)17-14-28-20-8-3-2-6-16(17)20/h12,14,19H,2-11,13H2,1H3. The average Bonchev–Trinajstić information content (AvgIpc) is 3.17. The number of hydrogen-bond donors (Lipinski definition) is 0. The van der Waals surface area contributed by atoms with Crippen molar-refractivity contribution in [2.75, 3.05) is 20.1 Å². The molecule has 0 radical (unpaired) electrons. The van der Waals surface area contributed by atoms with E-state index in [0.29, 0.717) is 12.6 Å². The van der Waals surface area contributed by atoms with Crippen LogP contribution in [-0.2, 0) is 25.8 Å². The molecule has 0 N–H and O–H groups in total. The van der Waals surface area contributed by atoms with Crippen LogP contribution < -0.4 is 0 Å². The number of carbonyl (C=O) groups is 1. The first-order valence-corrected chi connectivity index (χ1v) is 11.5. The second-order valence-corrected chi connectivity index (χ2v) is 9.39. The Balaban J connectivity index is 1.34. The molecule has 5 nitrogen and oxygen atoms in total. The van der Waals surface area contributed by atoms with Gasteiger partial charge in [0, 0.05) is 41.5 Å². The third-order valence-corrected chi connectivity index (χ3v) is 7.69. The molecular weight excluding hydrogens is 368 g/mol. The molecular formula is C22H28N4OS. The number of likely N-dealkylation sites (tertiary alicyclic amines) is 1. The Morgan fingerprint density at radius 1 is 1.14 bits per heavy atom. The Bertz CT molecular complexity index is 893. The Morgan fingerprint density at radius 2 is 2.04 bits per heavy atom. The first-order valence-electron chi connectivity index (χ1n) is 10.6. The Labute approximate surface area is 170 Å². The Hall–Kier alpha value is -1.79. The monoisotopic (exact) mass is 396 g/mol. The topological polar surface area (TPSA) is 49.3 Å². The van der Waals surface area contributed by atoms with Gasteiger partial charge in [0.2, 0.25) is 0 Å². The number of aromatic nitrogens is 2. The fraction of sp³-hybridized carbons (Fsp3) is 0.591. The molecule has 0 aromatic carbocycles. The molecule has 3 aliphatic rings. The predicted octanol–water partition coefficient (Wildman–Crippen LogP) is 3.77. The summed E-state index contributed by atoms with van der Waals surface area (Å²) in [5.41, 5.74) is 4.52. The zero-order chi connectivity index (χ0) is 19.1. The van der Waals surface area contributed by atoms with Gasteiger partial charge < -0.3 is 4.90 Å². The summed E-state index contributed by atoms with van der Waals surface area (Å²) in [7, 11) is 2.18. The quantitative estimate of drug-likeness (QED) is 0.775. The van der Waals surface area contributed by atoms with Gasteiger partial charge in [-0.15, -0.1) is 11.3 Å². The molecule has 4 heterocycles. The van der Waals surface area contributed by atoms with Crippen molar-refractivity contribution in [2.24, 2.45) is 0 Å². The van der Waals surface area contributed by atoms with Crippen molar-refractivity contribution >= 4 is 17.2 Å². The van der Waals surface area contributed by atoms with E-state index in [9.17, 15) is 4.79 Å². The molecule has 0 bridgehead atoms. The largest absolute Gasteiger partial charge is 0.334 e. The molecule has 1 aliphatic carbocycles. The van der Waals surface area contributed by atoms with Crippen LogP contribution in [0.25, 0.3) is 0 Å². The van der Waals surface area contributed by atoms with Gasteiger partial charge in [0.25, 0.3) is 5.91 Å². The van der Waals surface area contributed by atoms with E-state index in [0.717, 1.165) is 61.4 Å². The number of thiophene rings is 1. The minimum atomic E-state index is 0.196. The number of hydrogen-bond acceptors (Lipinski definition) is 5. The van der Waals surface area contributed by atoms with Crippen molar-refractivity contribution in [3.63, 3.8) is 0 Å². The summed E-state index contributed by atoms with van der Waals surface area (Å²) in [6.45, 7) is 2.52. The van der Waals surface area contributed by atoms with E-state index in [4.69, 9.17) is 9.97 Å². The number of piperidine rings is 1. The van der Waals surface area contributed by atoms with Crippen molar-refractivity contribution in [3.8, 4) is 0 Å². The third-order valence-electron chi connectivity index (χ3n) is 6.60. The summed E-state index contributed by atoms with van der Waals surface area (Å²) in [4.78, 5) is 28.6. The van der Waals surface area contributed by atoms with Crippen LogP contribution in [0, 0.1) is 0 Å². The van der Waals surface area contributed by atoms with Crippen molar-refractivity contribution in [2.45, 2.75) is 64.0 Å². The van der Waals surface area contributed by atoms with Gasteiger partial charge in [-0.25, -0.2) is 9.97 Å². The second-order valence-electron chi connectivity index (χ2n) is 8.43. The summed E-state index contributed by atoms with van der Waals surface area (Å²) in [5, 5.41) is 2.09. The molecule has 2 aromatic rings. The van der Waals surface area contributed by atoms with E-state index >= 15 is 0 Å². The first kappa shape index (κ1) is 18.3. The third kappa shape index (κ3) is 3.26. The van der Waals surface area contributed by atoms with E-state index in [1.54, 1.807) is 11.3 Å². The van der Waals surface area contributed by atoms with E-state index in [-0.39, 0.29) is 5.91 Å². The summed E-state index contributed by atoms with van der Waals surface area (Å²) in [6, 6.07) is 0.344. The number of amides is 1. The Kier molecular flexibility index (Phi) is 4.93. The van der Waals surface area contributed by atoms with E-state index in [1.165, 1.54) is 36.1 Å². The summed E-state index contributed by atoms with van der Waals surface area (Å²) >= 11 is 1.77. The number of aryl methyl sites for hydroxylation is 1. The fourth-order valence-electron chi connectivity index (χ4n) is 4.91. The van der Waals surface area contributed by atoms with Gasteiger partial charge in [0.1, 0.15) is 5.82 Å². The van der Waals surface area contributed by atoms with Crippen molar-refractivity contribution in [3.05, 3.63) is 44.7 Å². The molecule has 28 heavy (non-hydrogen) atoms. The lowest BCUT2D eigenvalue weighted by Crippen LogP contribution is -2.37. The van der Waals surface area contributed by atoms with Crippen LogP contribution in [0.15, 0.2) is 11.6 Å². The van der Waals surface area contributed by atoms with Crippen LogP contribution in [0.1, 0.15) is 76.0 Å². The van der Waals surface area contributed by atoms with Crippen molar-refractivity contribution in [1.82, 2.24) is 19.8 Å². The highest BCUT2D eigenvalue weighted by Crippen LogP contribution is 2.32. The van der Waals surface area contributed by atoms with Gasteiger partial charge in [-0.1, -0.05) is 6.42 Å². The maximum Gasteiger partial charge on any atom is 0.255 e.